The number of nitrogens with zero attached hydrogens (tertiary/aromatic N) is 3. The fourth-order valence-corrected chi connectivity index (χ4v) is 4.46. The first-order chi connectivity index (χ1) is 14.3. The topological polar surface area (TPSA) is 48.9 Å². The van der Waals surface area contributed by atoms with Gasteiger partial charge >= 0.3 is 0 Å². The molecular formula is C23H29N5S. The van der Waals surface area contributed by atoms with E-state index < -0.39 is 0 Å². The molecule has 0 bridgehead atoms. The number of H-pyrrole nitrogens is 1. The Kier molecular flexibility index (Phi) is 6.54. The van der Waals surface area contributed by atoms with E-state index in [0.717, 1.165) is 13.1 Å². The Labute approximate surface area is 176 Å². The van der Waals surface area contributed by atoms with Gasteiger partial charge in [-0.25, -0.2) is 0 Å². The molecule has 5 nitrogen and oxygen atoms in total. The van der Waals surface area contributed by atoms with Crippen molar-refractivity contribution in [2.45, 2.75) is 37.8 Å². The van der Waals surface area contributed by atoms with Gasteiger partial charge in [-0.1, -0.05) is 24.3 Å². The van der Waals surface area contributed by atoms with Crippen molar-refractivity contribution >= 4 is 33.8 Å². The molecule has 1 saturated heterocycles. The SMILES string of the molecule is CCn1nc(CN2CCCC2)c2ccccc21.CNSc1ccc2cc[nH]c2c1. The van der Waals surface area contributed by atoms with Crippen molar-refractivity contribution in [1.29, 1.82) is 0 Å². The summed E-state index contributed by atoms with van der Waals surface area (Å²) in [5, 5.41) is 7.33. The Balaban J connectivity index is 0.000000150. The van der Waals surface area contributed by atoms with Gasteiger partial charge in [0.1, 0.15) is 0 Å². The molecule has 0 saturated carbocycles. The fourth-order valence-electron chi connectivity index (χ4n) is 3.91. The monoisotopic (exact) mass is 407 g/mol. The number of aryl methyl sites for hydroxylation is 1. The van der Waals surface area contributed by atoms with E-state index in [4.69, 9.17) is 5.10 Å². The summed E-state index contributed by atoms with van der Waals surface area (Å²) < 4.78 is 5.16. The van der Waals surface area contributed by atoms with Crippen LogP contribution in [0.1, 0.15) is 25.5 Å². The van der Waals surface area contributed by atoms with Crippen LogP contribution in [0, 0.1) is 0 Å². The second-order valence-electron chi connectivity index (χ2n) is 7.30. The third-order valence-electron chi connectivity index (χ3n) is 5.35. The standard InChI is InChI=1S/C14H19N3.C9H10N2S/c1-2-17-14-8-4-3-7-12(14)13(15-17)11-16-9-5-6-10-16;1-10-12-8-3-2-7-4-5-11-9(7)6-8/h3-4,7-8H,2,5-6,9-11H2,1H3;2-6,10-11H,1H3. The van der Waals surface area contributed by atoms with Crippen LogP contribution in [0.15, 0.2) is 59.6 Å². The number of aromatic amines is 1. The van der Waals surface area contributed by atoms with Gasteiger partial charge in [0.2, 0.25) is 0 Å². The molecule has 0 unspecified atom stereocenters. The fraction of sp³-hybridized carbons (Fsp3) is 0.348. The lowest BCUT2D eigenvalue weighted by molar-refractivity contribution is 0.326. The van der Waals surface area contributed by atoms with E-state index >= 15 is 0 Å². The van der Waals surface area contributed by atoms with Gasteiger partial charge < -0.3 is 4.98 Å². The van der Waals surface area contributed by atoms with Crippen molar-refractivity contribution in [3.8, 4) is 0 Å². The highest BCUT2D eigenvalue weighted by Crippen LogP contribution is 2.22. The van der Waals surface area contributed by atoms with Crippen LogP contribution < -0.4 is 4.72 Å². The minimum atomic E-state index is 0.945. The summed E-state index contributed by atoms with van der Waals surface area (Å²) >= 11 is 1.62. The predicted octanol–water partition coefficient (Wildman–Crippen LogP) is 5.05. The van der Waals surface area contributed by atoms with Gasteiger partial charge in [0.15, 0.2) is 0 Å². The summed E-state index contributed by atoms with van der Waals surface area (Å²) in [6, 6.07) is 17.0. The average molecular weight is 408 g/mol. The Morgan fingerprint density at radius 2 is 1.93 bits per heavy atom. The number of benzene rings is 2. The van der Waals surface area contributed by atoms with Crippen LogP contribution in [0.2, 0.25) is 0 Å². The molecule has 0 radical (unpaired) electrons. The second-order valence-corrected chi connectivity index (χ2v) is 8.38. The molecule has 29 heavy (non-hydrogen) atoms. The maximum absolute atomic E-state index is 4.75. The van der Waals surface area contributed by atoms with E-state index in [1.54, 1.807) is 11.9 Å². The number of hydrogen-bond donors (Lipinski definition) is 2. The van der Waals surface area contributed by atoms with E-state index in [1.165, 1.54) is 58.3 Å². The molecule has 0 atom stereocenters. The smallest absolute Gasteiger partial charge is 0.0843 e. The number of rotatable bonds is 5. The Morgan fingerprint density at radius 1 is 1.10 bits per heavy atom. The third kappa shape index (κ3) is 4.66. The molecule has 2 N–H and O–H groups in total. The third-order valence-corrected chi connectivity index (χ3v) is 6.05. The lowest BCUT2D eigenvalue weighted by Crippen LogP contribution is -2.18. The van der Waals surface area contributed by atoms with E-state index in [1.807, 2.05) is 13.2 Å². The first kappa shape index (κ1) is 20.0. The minimum absolute atomic E-state index is 0.945. The summed E-state index contributed by atoms with van der Waals surface area (Å²) in [5.74, 6) is 0. The van der Waals surface area contributed by atoms with Crippen LogP contribution in [0.3, 0.4) is 0 Å². The van der Waals surface area contributed by atoms with Gasteiger partial charge in [-0.15, -0.1) is 0 Å². The molecule has 6 heteroatoms. The Bertz CT molecular complexity index is 1060. The molecule has 3 heterocycles. The molecule has 152 valence electrons. The van der Waals surface area contributed by atoms with Crippen molar-refractivity contribution in [1.82, 2.24) is 24.4 Å². The normalized spacial score (nSPS) is 14.4. The highest BCUT2D eigenvalue weighted by atomic mass is 32.2. The van der Waals surface area contributed by atoms with Gasteiger partial charge in [0.05, 0.1) is 11.2 Å². The van der Waals surface area contributed by atoms with Crippen molar-refractivity contribution in [2.75, 3.05) is 20.1 Å². The minimum Gasteiger partial charge on any atom is -0.361 e. The van der Waals surface area contributed by atoms with Gasteiger partial charge in [-0.05, 0) is 81.5 Å². The molecule has 1 aliphatic rings. The van der Waals surface area contributed by atoms with Crippen molar-refractivity contribution in [3.63, 3.8) is 0 Å². The van der Waals surface area contributed by atoms with E-state index in [9.17, 15) is 0 Å². The van der Waals surface area contributed by atoms with Crippen LogP contribution in [-0.4, -0.2) is 39.8 Å². The van der Waals surface area contributed by atoms with E-state index in [-0.39, 0.29) is 0 Å². The molecule has 1 aliphatic heterocycles. The highest BCUT2D eigenvalue weighted by Gasteiger charge is 2.16. The zero-order valence-electron chi connectivity index (χ0n) is 17.2. The predicted molar refractivity (Wildman–Crippen MR) is 123 cm³/mol. The summed E-state index contributed by atoms with van der Waals surface area (Å²) in [5.41, 5.74) is 3.70. The summed E-state index contributed by atoms with van der Waals surface area (Å²) in [6.07, 6.45) is 4.64. The molecule has 0 amide bonds. The van der Waals surface area contributed by atoms with E-state index in [2.05, 4.69) is 74.7 Å². The number of fused-ring (bicyclic) bond motifs is 2. The first-order valence-corrected chi connectivity index (χ1v) is 11.2. The van der Waals surface area contributed by atoms with Gasteiger partial charge in [0.25, 0.3) is 0 Å². The van der Waals surface area contributed by atoms with Crippen molar-refractivity contribution in [3.05, 3.63) is 60.4 Å². The number of aromatic nitrogens is 3. The molecule has 5 rings (SSSR count). The van der Waals surface area contributed by atoms with E-state index in [0.29, 0.717) is 0 Å². The van der Waals surface area contributed by atoms with Crippen molar-refractivity contribution in [2.24, 2.45) is 0 Å². The van der Waals surface area contributed by atoms with Crippen LogP contribution >= 0.6 is 11.9 Å². The van der Waals surface area contributed by atoms with Crippen LogP contribution in [0.5, 0.6) is 0 Å². The average Bonchev–Trinajstić information content (AvgIpc) is 3.49. The zero-order chi connectivity index (χ0) is 20.1. The quantitative estimate of drug-likeness (QED) is 0.455. The Morgan fingerprint density at radius 3 is 2.72 bits per heavy atom. The summed E-state index contributed by atoms with van der Waals surface area (Å²) in [7, 11) is 1.92. The summed E-state index contributed by atoms with van der Waals surface area (Å²) in [4.78, 5) is 6.92. The number of hydrogen-bond acceptors (Lipinski definition) is 4. The van der Waals surface area contributed by atoms with Crippen LogP contribution in [-0.2, 0) is 13.1 Å². The summed E-state index contributed by atoms with van der Waals surface area (Å²) in [6.45, 7) is 6.56. The zero-order valence-corrected chi connectivity index (χ0v) is 18.0. The number of para-hydroxylation sites is 1. The molecule has 0 spiro atoms. The maximum Gasteiger partial charge on any atom is 0.0843 e. The van der Waals surface area contributed by atoms with Gasteiger partial charge in [-0.3, -0.25) is 14.3 Å². The van der Waals surface area contributed by atoms with Crippen LogP contribution in [0.4, 0.5) is 0 Å². The Hall–Kier alpha value is -2.28. The van der Waals surface area contributed by atoms with Gasteiger partial charge in [-0.2, -0.15) is 5.10 Å². The molecule has 4 aromatic rings. The van der Waals surface area contributed by atoms with Crippen LogP contribution in [0.25, 0.3) is 21.8 Å². The molecule has 2 aromatic carbocycles. The lowest BCUT2D eigenvalue weighted by Gasteiger charge is -2.12. The number of likely N-dealkylation sites (tertiary alicyclic amines) is 1. The molecule has 2 aromatic heterocycles. The second kappa shape index (κ2) is 9.48. The number of nitrogens with one attached hydrogen (secondary N) is 2. The maximum atomic E-state index is 4.75. The largest absolute Gasteiger partial charge is 0.361 e. The highest BCUT2D eigenvalue weighted by molar-refractivity contribution is 7.97. The van der Waals surface area contributed by atoms with Crippen molar-refractivity contribution < 1.29 is 0 Å². The molecule has 1 fully saturated rings. The first-order valence-electron chi connectivity index (χ1n) is 10.4. The molecule has 0 aliphatic carbocycles. The molecular weight excluding hydrogens is 378 g/mol. The van der Waals surface area contributed by atoms with Gasteiger partial charge in [0, 0.05) is 35.1 Å². The lowest BCUT2D eigenvalue weighted by atomic mass is 10.2.